The van der Waals surface area contributed by atoms with Crippen LogP contribution in [0.2, 0.25) is 0 Å². The molecular formula is C12H18N4O4. The van der Waals surface area contributed by atoms with Crippen molar-refractivity contribution in [3.8, 4) is 0 Å². The Labute approximate surface area is 116 Å². The number of nitrogens with zero attached hydrogens (tertiary/aromatic N) is 2. The Hall–Kier alpha value is -2.22. The van der Waals surface area contributed by atoms with E-state index in [1.54, 1.807) is 14.0 Å². The minimum atomic E-state index is -0.499. The number of carbonyl (C=O) groups is 1. The fourth-order valence-electron chi connectivity index (χ4n) is 1.50. The Balaban J connectivity index is 2.46. The van der Waals surface area contributed by atoms with Crippen LogP contribution < -0.4 is 10.6 Å². The highest BCUT2D eigenvalue weighted by Crippen LogP contribution is 2.22. The summed E-state index contributed by atoms with van der Waals surface area (Å²) in [7, 11) is 1.55. The van der Waals surface area contributed by atoms with E-state index in [1.165, 1.54) is 12.3 Å². The van der Waals surface area contributed by atoms with E-state index in [9.17, 15) is 14.9 Å². The minimum absolute atomic E-state index is 0.0928. The second-order valence-electron chi connectivity index (χ2n) is 4.16. The third kappa shape index (κ3) is 5.19. The van der Waals surface area contributed by atoms with Crippen molar-refractivity contribution in [2.24, 2.45) is 0 Å². The predicted molar refractivity (Wildman–Crippen MR) is 73.6 cm³/mol. The number of rotatable bonds is 8. The maximum Gasteiger partial charge on any atom is 0.311 e. The van der Waals surface area contributed by atoms with Gasteiger partial charge in [0.2, 0.25) is 11.7 Å². The molecule has 0 aliphatic carbocycles. The summed E-state index contributed by atoms with van der Waals surface area (Å²) in [6.45, 7) is 2.89. The lowest BCUT2D eigenvalue weighted by Crippen LogP contribution is -2.28. The van der Waals surface area contributed by atoms with Crippen LogP contribution in [0.4, 0.5) is 11.5 Å². The summed E-state index contributed by atoms with van der Waals surface area (Å²) in [6.07, 6.45) is 1.74. The van der Waals surface area contributed by atoms with Gasteiger partial charge in [-0.25, -0.2) is 4.98 Å². The third-order valence-electron chi connectivity index (χ3n) is 2.47. The summed E-state index contributed by atoms with van der Waals surface area (Å²) >= 11 is 0. The molecule has 0 aliphatic rings. The zero-order valence-corrected chi connectivity index (χ0v) is 11.5. The molecule has 0 radical (unpaired) electrons. The first-order valence-electron chi connectivity index (χ1n) is 6.15. The number of aromatic nitrogens is 1. The van der Waals surface area contributed by atoms with Crippen LogP contribution in [0.1, 0.15) is 12.0 Å². The summed E-state index contributed by atoms with van der Waals surface area (Å²) in [4.78, 5) is 25.8. The average molecular weight is 282 g/mol. The summed E-state index contributed by atoms with van der Waals surface area (Å²) in [5, 5.41) is 16.3. The molecule has 0 spiro atoms. The lowest BCUT2D eigenvalue weighted by atomic mass is 10.3. The molecule has 8 heteroatoms. The van der Waals surface area contributed by atoms with Crippen molar-refractivity contribution in [2.75, 3.05) is 32.1 Å². The molecule has 0 saturated carbocycles. The number of methoxy groups -OCH3 is 1. The van der Waals surface area contributed by atoms with Crippen LogP contribution in [0.25, 0.3) is 0 Å². The molecule has 0 bridgehead atoms. The van der Waals surface area contributed by atoms with Crippen LogP contribution >= 0.6 is 0 Å². The van der Waals surface area contributed by atoms with E-state index in [0.29, 0.717) is 18.7 Å². The quantitative estimate of drug-likeness (QED) is 0.416. The van der Waals surface area contributed by atoms with Crippen molar-refractivity contribution in [2.45, 2.75) is 13.3 Å². The van der Waals surface area contributed by atoms with E-state index in [0.717, 1.165) is 0 Å². The minimum Gasteiger partial charge on any atom is -0.383 e. The molecule has 1 rings (SSSR count). The lowest BCUT2D eigenvalue weighted by Gasteiger charge is -2.07. The highest BCUT2D eigenvalue weighted by atomic mass is 16.6. The van der Waals surface area contributed by atoms with Gasteiger partial charge in [0, 0.05) is 38.9 Å². The van der Waals surface area contributed by atoms with E-state index >= 15 is 0 Å². The number of amides is 1. The first-order chi connectivity index (χ1) is 9.54. The highest BCUT2D eigenvalue weighted by Gasteiger charge is 2.15. The van der Waals surface area contributed by atoms with Gasteiger partial charge in [0.05, 0.1) is 11.5 Å². The number of carbonyl (C=O) groups excluding carboxylic acids is 1. The largest absolute Gasteiger partial charge is 0.383 e. The van der Waals surface area contributed by atoms with E-state index in [2.05, 4.69) is 15.6 Å². The number of ether oxygens (including phenoxy) is 1. The number of pyridine rings is 1. The molecular weight excluding hydrogens is 264 g/mol. The van der Waals surface area contributed by atoms with Gasteiger partial charge in [0.25, 0.3) is 0 Å². The smallest absolute Gasteiger partial charge is 0.311 e. The number of nitrogens with one attached hydrogen (secondary N) is 2. The Morgan fingerprint density at radius 3 is 2.90 bits per heavy atom. The molecule has 0 unspecified atom stereocenters. The zero-order valence-electron chi connectivity index (χ0n) is 11.5. The number of nitro groups is 1. The highest BCUT2D eigenvalue weighted by molar-refractivity contribution is 5.76. The molecule has 1 heterocycles. The monoisotopic (exact) mass is 282 g/mol. The van der Waals surface area contributed by atoms with E-state index in [-0.39, 0.29) is 30.4 Å². The molecule has 1 aromatic heterocycles. The maximum absolute atomic E-state index is 11.4. The Morgan fingerprint density at radius 1 is 1.50 bits per heavy atom. The lowest BCUT2D eigenvalue weighted by molar-refractivity contribution is -0.384. The summed E-state index contributed by atoms with van der Waals surface area (Å²) in [5.74, 6) is 0.0228. The normalized spacial score (nSPS) is 10.1. The number of aryl methyl sites for hydroxylation is 1. The Bertz CT molecular complexity index is 479. The Kier molecular flexibility index (Phi) is 6.38. The number of hydrogen-bond acceptors (Lipinski definition) is 6. The molecule has 0 atom stereocenters. The average Bonchev–Trinajstić information content (AvgIpc) is 2.40. The molecule has 1 amide bonds. The topological polar surface area (TPSA) is 106 Å². The van der Waals surface area contributed by atoms with E-state index in [1.807, 2.05) is 0 Å². The van der Waals surface area contributed by atoms with Crippen molar-refractivity contribution < 1.29 is 14.5 Å². The van der Waals surface area contributed by atoms with Crippen LogP contribution in [0.5, 0.6) is 0 Å². The first-order valence-corrected chi connectivity index (χ1v) is 6.15. The van der Waals surface area contributed by atoms with Gasteiger partial charge in [-0.2, -0.15) is 0 Å². The third-order valence-corrected chi connectivity index (χ3v) is 2.47. The molecule has 20 heavy (non-hydrogen) atoms. The molecule has 0 saturated heterocycles. The molecule has 1 aromatic rings. The van der Waals surface area contributed by atoms with Gasteiger partial charge in [-0.05, 0) is 12.5 Å². The maximum atomic E-state index is 11.4. The molecule has 110 valence electrons. The molecule has 8 nitrogen and oxygen atoms in total. The van der Waals surface area contributed by atoms with Gasteiger partial charge in [0.15, 0.2) is 0 Å². The second kappa shape index (κ2) is 8.05. The van der Waals surface area contributed by atoms with Crippen LogP contribution in [-0.4, -0.2) is 42.6 Å². The summed E-state index contributed by atoms with van der Waals surface area (Å²) < 4.78 is 4.80. The van der Waals surface area contributed by atoms with Crippen molar-refractivity contribution in [3.63, 3.8) is 0 Å². The van der Waals surface area contributed by atoms with Crippen molar-refractivity contribution in [1.29, 1.82) is 0 Å². The van der Waals surface area contributed by atoms with Crippen LogP contribution in [0.15, 0.2) is 12.3 Å². The second-order valence-corrected chi connectivity index (χ2v) is 4.16. The molecule has 0 aromatic carbocycles. The Morgan fingerprint density at radius 2 is 2.25 bits per heavy atom. The molecule has 0 aliphatic heterocycles. The van der Waals surface area contributed by atoms with Gasteiger partial charge < -0.3 is 15.4 Å². The van der Waals surface area contributed by atoms with Crippen LogP contribution in [-0.2, 0) is 9.53 Å². The number of hydrogen-bond donors (Lipinski definition) is 2. The van der Waals surface area contributed by atoms with Crippen LogP contribution in [0.3, 0.4) is 0 Å². The van der Waals surface area contributed by atoms with Gasteiger partial charge in [0.1, 0.15) is 0 Å². The van der Waals surface area contributed by atoms with Crippen molar-refractivity contribution in [1.82, 2.24) is 10.3 Å². The SMILES string of the molecule is COCCNC(=O)CCNc1ncc(C)cc1[N+](=O)[O-]. The van der Waals surface area contributed by atoms with E-state index < -0.39 is 4.92 Å². The first kappa shape index (κ1) is 15.8. The zero-order chi connectivity index (χ0) is 15.0. The van der Waals surface area contributed by atoms with Gasteiger partial charge in [-0.3, -0.25) is 14.9 Å². The summed E-state index contributed by atoms with van der Waals surface area (Å²) in [6, 6.07) is 1.44. The van der Waals surface area contributed by atoms with Crippen molar-refractivity contribution >= 4 is 17.4 Å². The number of anilines is 1. The van der Waals surface area contributed by atoms with Gasteiger partial charge in [-0.15, -0.1) is 0 Å². The van der Waals surface area contributed by atoms with Crippen LogP contribution in [0, 0.1) is 17.0 Å². The fourth-order valence-corrected chi connectivity index (χ4v) is 1.50. The molecule has 0 fully saturated rings. The van der Waals surface area contributed by atoms with Crippen molar-refractivity contribution in [3.05, 3.63) is 27.9 Å². The standard InChI is InChI=1S/C12H18N4O4/c1-9-7-10(16(18)19)12(15-8-9)14-4-3-11(17)13-5-6-20-2/h7-8H,3-6H2,1-2H3,(H,13,17)(H,14,15). The predicted octanol–water partition coefficient (Wildman–Crippen LogP) is 0.863. The molecule has 2 N–H and O–H groups in total. The fraction of sp³-hybridized carbons (Fsp3) is 0.500. The van der Waals surface area contributed by atoms with E-state index in [4.69, 9.17) is 4.74 Å². The van der Waals surface area contributed by atoms with Gasteiger partial charge >= 0.3 is 5.69 Å². The van der Waals surface area contributed by atoms with Gasteiger partial charge in [-0.1, -0.05) is 0 Å². The summed E-state index contributed by atoms with van der Waals surface area (Å²) in [5.41, 5.74) is 0.615.